The fourth-order valence-electron chi connectivity index (χ4n) is 4.53. The Labute approximate surface area is 219 Å². The van der Waals surface area contributed by atoms with Gasteiger partial charge < -0.3 is 24.0 Å². The van der Waals surface area contributed by atoms with Crippen LogP contribution in [-0.4, -0.2) is 17.0 Å². The first-order chi connectivity index (χ1) is 15.8. The monoisotopic (exact) mass is 582 g/mol. The van der Waals surface area contributed by atoms with E-state index in [2.05, 4.69) is 115 Å². The largest absolute Gasteiger partial charge is 1.00 e. The predicted molar refractivity (Wildman–Crippen MR) is 142 cm³/mol. The van der Waals surface area contributed by atoms with E-state index in [-0.39, 0.29) is 34.8 Å². The SMILES string of the molecule is CSC(=O)C(CCc1ccccc1)[P+](c1ccccc1)(c1ccccc1)c1ccccc1.[I-]. The van der Waals surface area contributed by atoms with Gasteiger partial charge in [-0.1, -0.05) is 96.7 Å². The quantitative estimate of drug-likeness (QED) is 0.235. The van der Waals surface area contributed by atoms with Gasteiger partial charge in [-0.05, 0) is 61.1 Å². The lowest BCUT2D eigenvalue weighted by Crippen LogP contribution is -3.00. The average molecular weight is 582 g/mol. The molecule has 0 aliphatic rings. The zero-order chi connectivity index (χ0) is 22.2. The first-order valence-electron chi connectivity index (χ1n) is 10.9. The van der Waals surface area contributed by atoms with Crippen LogP contribution in [0.1, 0.15) is 12.0 Å². The van der Waals surface area contributed by atoms with E-state index in [1.54, 1.807) is 0 Å². The van der Waals surface area contributed by atoms with E-state index in [9.17, 15) is 4.79 Å². The molecule has 168 valence electrons. The predicted octanol–water partition coefficient (Wildman–Crippen LogP) is 2.88. The summed E-state index contributed by atoms with van der Waals surface area (Å²) in [6.45, 7) is 0. The van der Waals surface area contributed by atoms with E-state index in [0.29, 0.717) is 0 Å². The summed E-state index contributed by atoms with van der Waals surface area (Å²) in [4.78, 5) is 13.7. The molecule has 0 amide bonds. The maximum Gasteiger partial charge on any atom is 0.230 e. The summed E-state index contributed by atoms with van der Waals surface area (Å²) in [6, 6.07) is 42.6. The topological polar surface area (TPSA) is 17.1 Å². The van der Waals surface area contributed by atoms with Gasteiger partial charge in [0.25, 0.3) is 0 Å². The molecule has 1 nitrogen and oxygen atoms in total. The molecule has 0 spiro atoms. The van der Waals surface area contributed by atoms with Gasteiger partial charge in [-0.15, -0.1) is 0 Å². The molecule has 0 fully saturated rings. The highest BCUT2D eigenvalue weighted by Crippen LogP contribution is 2.61. The highest BCUT2D eigenvalue weighted by atomic mass is 127. The third-order valence-corrected chi connectivity index (χ3v) is 11.6. The van der Waals surface area contributed by atoms with Crippen molar-refractivity contribution < 1.29 is 28.8 Å². The van der Waals surface area contributed by atoms with Crippen LogP contribution in [0.4, 0.5) is 0 Å². The van der Waals surface area contributed by atoms with Gasteiger partial charge in [-0.2, -0.15) is 0 Å². The molecule has 4 aromatic carbocycles. The van der Waals surface area contributed by atoms with Gasteiger partial charge >= 0.3 is 0 Å². The van der Waals surface area contributed by atoms with E-state index in [0.717, 1.165) is 12.8 Å². The highest BCUT2D eigenvalue weighted by Gasteiger charge is 2.54. The molecule has 0 bridgehead atoms. The number of halogens is 1. The number of rotatable bonds is 8. The molecule has 4 heteroatoms. The van der Waals surface area contributed by atoms with Gasteiger partial charge in [-0.3, -0.25) is 4.79 Å². The molecule has 0 N–H and O–H groups in total. The normalized spacial score (nSPS) is 11.9. The van der Waals surface area contributed by atoms with Crippen molar-refractivity contribution in [2.75, 3.05) is 6.26 Å². The first-order valence-corrected chi connectivity index (χ1v) is 14.0. The van der Waals surface area contributed by atoms with Gasteiger partial charge in [-0.25, -0.2) is 0 Å². The first kappa shape index (κ1) is 25.7. The number of benzene rings is 4. The van der Waals surface area contributed by atoms with Crippen molar-refractivity contribution in [3.8, 4) is 0 Å². The fraction of sp³-hybridized carbons (Fsp3) is 0.138. The van der Waals surface area contributed by atoms with Crippen LogP contribution in [-0.2, 0) is 11.2 Å². The smallest absolute Gasteiger partial charge is 0.230 e. The van der Waals surface area contributed by atoms with E-state index in [1.807, 2.05) is 12.3 Å². The molecule has 4 aromatic rings. The lowest BCUT2D eigenvalue weighted by Gasteiger charge is -2.33. The van der Waals surface area contributed by atoms with Gasteiger partial charge in [0.05, 0.1) is 0 Å². The Morgan fingerprint density at radius 2 is 1.03 bits per heavy atom. The third-order valence-electron chi connectivity index (χ3n) is 5.98. The number of hydrogen-bond acceptors (Lipinski definition) is 2. The summed E-state index contributed by atoms with van der Waals surface area (Å²) in [5.41, 5.74) is 1.17. The van der Waals surface area contributed by atoms with Gasteiger partial charge in [0, 0.05) is 0 Å². The fourth-order valence-corrected chi connectivity index (χ4v) is 10.4. The standard InChI is InChI=1S/C29H28OPS.HI/c1-32-29(30)28(23-22-24-14-6-2-7-15-24)31(25-16-8-3-9-17-25,26-18-10-4-11-19-26)27-20-12-5-13-21-27;/h2-21,28H,22-23H2,1H3;1H/q+1;/p-1. The number of thioether (sulfide) groups is 1. The Hall–Kier alpha value is -1.94. The molecule has 0 aliphatic carbocycles. The molecule has 1 atom stereocenters. The summed E-state index contributed by atoms with van der Waals surface area (Å²) >= 11 is 1.37. The molecule has 0 aromatic heterocycles. The summed E-state index contributed by atoms with van der Waals surface area (Å²) in [5, 5.41) is 4.06. The Kier molecular flexibility index (Phi) is 9.73. The Morgan fingerprint density at radius 1 is 0.667 bits per heavy atom. The highest BCUT2D eigenvalue weighted by molar-refractivity contribution is 8.14. The second-order valence-corrected chi connectivity index (χ2v) is 12.2. The Balaban J connectivity index is 0.00000306. The molecule has 0 aliphatic heterocycles. The summed E-state index contributed by atoms with van der Waals surface area (Å²) in [6.07, 6.45) is 3.62. The van der Waals surface area contributed by atoms with Crippen LogP contribution in [0.2, 0.25) is 0 Å². The minimum Gasteiger partial charge on any atom is -1.00 e. The van der Waals surface area contributed by atoms with Crippen LogP contribution in [0.25, 0.3) is 0 Å². The van der Waals surface area contributed by atoms with Crippen molar-refractivity contribution in [1.82, 2.24) is 0 Å². The maximum absolute atomic E-state index is 13.7. The maximum atomic E-state index is 13.7. The number of aryl methyl sites for hydroxylation is 1. The van der Waals surface area contributed by atoms with E-state index in [4.69, 9.17) is 0 Å². The molecule has 0 radical (unpaired) electrons. The van der Waals surface area contributed by atoms with Crippen LogP contribution in [0.3, 0.4) is 0 Å². The van der Waals surface area contributed by atoms with Crippen molar-refractivity contribution >= 4 is 40.1 Å². The minimum atomic E-state index is -2.24. The zero-order valence-electron chi connectivity index (χ0n) is 18.7. The number of carbonyl (C=O) groups excluding carboxylic acids is 1. The number of carbonyl (C=O) groups is 1. The molecular weight excluding hydrogens is 554 g/mol. The minimum absolute atomic E-state index is 0. The summed E-state index contributed by atoms with van der Waals surface area (Å²) < 4.78 is 0. The summed E-state index contributed by atoms with van der Waals surface area (Å²) in [7, 11) is -2.24. The van der Waals surface area contributed by atoms with Crippen molar-refractivity contribution in [1.29, 1.82) is 0 Å². The van der Waals surface area contributed by atoms with E-state index in [1.165, 1.54) is 33.2 Å². The second-order valence-electron chi connectivity index (χ2n) is 7.79. The number of hydrogen-bond donors (Lipinski definition) is 0. The summed E-state index contributed by atoms with van der Waals surface area (Å²) in [5.74, 6) is 0. The Bertz CT molecular complexity index is 1020. The molecule has 4 rings (SSSR count). The zero-order valence-corrected chi connectivity index (χ0v) is 22.5. The van der Waals surface area contributed by atoms with Crippen LogP contribution in [0.5, 0.6) is 0 Å². The van der Waals surface area contributed by atoms with Crippen molar-refractivity contribution in [3.63, 3.8) is 0 Å². The second kappa shape index (κ2) is 12.5. The lowest BCUT2D eigenvalue weighted by molar-refractivity contribution is -0.110. The van der Waals surface area contributed by atoms with Gasteiger partial charge in [0.15, 0.2) is 5.66 Å². The van der Waals surface area contributed by atoms with Crippen molar-refractivity contribution in [2.24, 2.45) is 0 Å². The van der Waals surface area contributed by atoms with Crippen LogP contribution in [0.15, 0.2) is 121 Å². The van der Waals surface area contributed by atoms with Crippen LogP contribution in [0, 0.1) is 0 Å². The molecule has 33 heavy (non-hydrogen) atoms. The molecular formula is C29H28IOPS. The molecule has 1 unspecified atom stereocenters. The average Bonchev–Trinajstić information content (AvgIpc) is 2.88. The van der Waals surface area contributed by atoms with Gasteiger partial charge in [0.1, 0.15) is 23.2 Å². The van der Waals surface area contributed by atoms with E-state index < -0.39 is 7.26 Å². The van der Waals surface area contributed by atoms with Crippen molar-refractivity contribution in [3.05, 3.63) is 127 Å². The lowest BCUT2D eigenvalue weighted by atomic mass is 10.1. The van der Waals surface area contributed by atoms with E-state index >= 15 is 0 Å². The van der Waals surface area contributed by atoms with Crippen LogP contribution >= 0.6 is 19.0 Å². The molecule has 0 saturated heterocycles. The van der Waals surface area contributed by atoms with Crippen LogP contribution < -0.4 is 39.9 Å². The molecule has 0 heterocycles. The molecule has 0 saturated carbocycles. The van der Waals surface area contributed by atoms with Gasteiger partial charge in [0.2, 0.25) is 5.12 Å². The van der Waals surface area contributed by atoms with Crippen molar-refractivity contribution in [2.45, 2.75) is 18.5 Å². The third kappa shape index (κ3) is 5.59. The Morgan fingerprint density at radius 3 is 1.39 bits per heavy atom.